The van der Waals surface area contributed by atoms with Gasteiger partial charge in [0.05, 0.1) is 24.5 Å². The summed E-state index contributed by atoms with van der Waals surface area (Å²) < 4.78 is 35.0. The molecule has 0 saturated heterocycles. The molecule has 5 rings (SSSR count). The van der Waals surface area contributed by atoms with Crippen LogP contribution in [0.1, 0.15) is 57.6 Å². The molecule has 3 aliphatic rings. The van der Waals surface area contributed by atoms with E-state index in [2.05, 4.69) is 60.4 Å². The Hall–Kier alpha value is -1.98. The van der Waals surface area contributed by atoms with Gasteiger partial charge in [-0.05, 0) is 63.1 Å². The Morgan fingerprint density at radius 1 is 1.30 bits per heavy atom. The summed E-state index contributed by atoms with van der Waals surface area (Å²) in [5.41, 5.74) is 3.85. The molecule has 1 aromatic carbocycles. The molecule has 2 aliphatic heterocycles. The number of hydrogen-bond donors (Lipinski definition) is 3. The Morgan fingerprint density at radius 2 is 2.12 bits per heavy atom. The summed E-state index contributed by atoms with van der Waals surface area (Å²) in [6, 6.07) is 8.84. The third kappa shape index (κ3) is 4.54. The second kappa shape index (κ2) is 8.06. The first kappa shape index (κ1) is 22.8. The number of ether oxygens (including phenoxy) is 1. The SMILES string of the molecule is CC1(C)OCc2ccc(-c3cc4n(n3)C(C)(NC3CCC(COS(N)(=O)=O)C3)CCN4)cc21. The zero-order valence-electron chi connectivity index (χ0n) is 19.4. The maximum absolute atomic E-state index is 11.1. The Labute approximate surface area is 195 Å². The van der Waals surface area contributed by atoms with Crippen molar-refractivity contribution in [1.82, 2.24) is 15.1 Å². The van der Waals surface area contributed by atoms with Gasteiger partial charge in [0, 0.05) is 30.6 Å². The number of nitrogens with two attached hydrogens (primary N) is 1. The van der Waals surface area contributed by atoms with E-state index < -0.39 is 10.3 Å². The molecule has 3 heterocycles. The maximum atomic E-state index is 11.1. The second-order valence-electron chi connectivity index (χ2n) is 10.2. The zero-order valence-corrected chi connectivity index (χ0v) is 20.2. The molecule has 9 nitrogen and oxygen atoms in total. The number of rotatable bonds is 6. The molecule has 1 saturated carbocycles. The second-order valence-corrected chi connectivity index (χ2v) is 11.5. The quantitative estimate of drug-likeness (QED) is 0.587. The Morgan fingerprint density at radius 3 is 2.91 bits per heavy atom. The van der Waals surface area contributed by atoms with Crippen molar-refractivity contribution in [3.63, 3.8) is 0 Å². The summed E-state index contributed by atoms with van der Waals surface area (Å²) in [7, 11) is -3.89. The molecule has 0 amide bonds. The highest BCUT2D eigenvalue weighted by Crippen LogP contribution is 2.39. The minimum absolute atomic E-state index is 0.144. The van der Waals surface area contributed by atoms with Crippen molar-refractivity contribution in [2.45, 2.75) is 70.4 Å². The maximum Gasteiger partial charge on any atom is 0.333 e. The molecule has 0 radical (unpaired) electrons. The summed E-state index contributed by atoms with van der Waals surface area (Å²) in [6.45, 7) is 8.03. The highest BCUT2D eigenvalue weighted by molar-refractivity contribution is 7.84. The fourth-order valence-electron chi connectivity index (χ4n) is 5.44. The lowest BCUT2D eigenvalue weighted by Crippen LogP contribution is -2.53. The number of benzene rings is 1. The van der Waals surface area contributed by atoms with Crippen LogP contribution >= 0.6 is 0 Å². The molecule has 1 aromatic heterocycles. The van der Waals surface area contributed by atoms with E-state index in [-0.39, 0.29) is 29.8 Å². The van der Waals surface area contributed by atoms with Crippen LogP contribution in [-0.2, 0) is 37.1 Å². The van der Waals surface area contributed by atoms with Crippen LogP contribution in [0.2, 0.25) is 0 Å². The standard InChI is InChI=1S/C23H33N5O4S/c1-22(2)19-11-16(5-6-17(19)14-31-22)20-12-21-25-9-8-23(3,28(21)27-20)26-18-7-4-15(10-18)13-32-33(24,29)30/h5-6,11-12,15,18,25-26H,4,7-10,13-14H2,1-3H3,(H2,24,29,30). The molecule has 3 unspecified atom stereocenters. The predicted octanol–water partition coefficient (Wildman–Crippen LogP) is 2.78. The van der Waals surface area contributed by atoms with E-state index in [1.807, 2.05) is 0 Å². The largest absolute Gasteiger partial charge is 0.370 e. The Balaban J connectivity index is 1.34. The predicted molar refractivity (Wildman–Crippen MR) is 126 cm³/mol. The summed E-state index contributed by atoms with van der Waals surface area (Å²) in [5, 5.41) is 17.3. The van der Waals surface area contributed by atoms with Gasteiger partial charge in [0.1, 0.15) is 11.5 Å². The lowest BCUT2D eigenvalue weighted by Gasteiger charge is -2.39. The van der Waals surface area contributed by atoms with E-state index in [0.29, 0.717) is 6.61 Å². The topological polar surface area (TPSA) is 120 Å². The van der Waals surface area contributed by atoms with E-state index in [0.717, 1.165) is 49.3 Å². The molecule has 0 bridgehead atoms. The van der Waals surface area contributed by atoms with Crippen molar-refractivity contribution >= 4 is 16.1 Å². The van der Waals surface area contributed by atoms with Crippen LogP contribution < -0.4 is 15.8 Å². The number of aromatic nitrogens is 2. The monoisotopic (exact) mass is 475 g/mol. The fraction of sp³-hybridized carbons (Fsp3) is 0.609. The van der Waals surface area contributed by atoms with Gasteiger partial charge in [-0.1, -0.05) is 12.1 Å². The molecule has 180 valence electrons. The van der Waals surface area contributed by atoms with Gasteiger partial charge in [-0.25, -0.2) is 9.82 Å². The Bertz CT molecular complexity index is 1160. The number of anilines is 1. The lowest BCUT2D eigenvalue weighted by molar-refractivity contribution is -0.00788. The van der Waals surface area contributed by atoms with E-state index in [4.69, 9.17) is 19.2 Å². The van der Waals surface area contributed by atoms with Gasteiger partial charge in [-0.3, -0.25) is 9.50 Å². The number of nitrogens with one attached hydrogen (secondary N) is 2. The molecular formula is C23H33N5O4S. The van der Waals surface area contributed by atoms with Crippen molar-refractivity contribution < 1.29 is 17.3 Å². The third-order valence-corrected chi connectivity index (χ3v) is 7.73. The van der Waals surface area contributed by atoms with Gasteiger partial charge >= 0.3 is 10.3 Å². The molecule has 0 spiro atoms. The fourth-order valence-corrected chi connectivity index (χ4v) is 5.83. The first-order valence-corrected chi connectivity index (χ1v) is 13.1. The molecular weight excluding hydrogens is 442 g/mol. The van der Waals surface area contributed by atoms with E-state index in [1.54, 1.807) is 0 Å². The summed E-state index contributed by atoms with van der Waals surface area (Å²) in [6.07, 6.45) is 3.61. The number of nitrogens with zero attached hydrogens (tertiary/aromatic N) is 2. The summed E-state index contributed by atoms with van der Waals surface area (Å²) in [4.78, 5) is 0. The van der Waals surface area contributed by atoms with Crippen molar-refractivity contribution in [1.29, 1.82) is 0 Å². The van der Waals surface area contributed by atoms with Crippen LogP contribution in [0.5, 0.6) is 0 Å². The Kier molecular flexibility index (Phi) is 5.56. The van der Waals surface area contributed by atoms with Crippen molar-refractivity contribution in [2.24, 2.45) is 11.1 Å². The number of hydrogen-bond acceptors (Lipinski definition) is 7. The summed E-state index contributed by atoms with van der Waals surface area (Å²) >= 11 is 0. The van der Waals surface area contributed by atoms with Gasteiger partial charge in [-0.2, -0.15) is 13.5 Å². The van der Waals surface area contributed by atoms with Gasteiger partial charge in [0.2, 0.25) is 0 Å². The average molecular weight is 476 g/mol. The normalized spacial score (nSPS) is 28.4. The highest BCUT2D eigenvalue weighted by atomic mass is 32.2. The van der Waals surface area contributed by atoms with Gasteiger partial charge in [-0.15, -0.1) is 0 Å². The third-order valence-electron chi connectivity index (χ3n) is 7.26. The smallest absolute Gasteiger partial charge is 0.333 e. The average Bonchev–Trinajstić information content (AvgIpc) is 3.44. The highest BCUT2D eigenvalue weighted by Gasteiger charge is 2.38. The molecule has 2 aromatic rings. The summed E-state index contributed by atoms with van der Waals surface area (Å²) in [5.74, 6) is 1.17. The molecule has 1 fully saturated rings. The molecule has 4 N–H and O–H groups in total. The molecule has 3 atom stereocenters. The van der Waals surface area contributed by atoms with E-state index in [1.165, 1.54) is 11.1 Å². The van der Waals surface area contributed by atoms with Crippen LogP contribution in [0.3, 0.4) is 0 Å². The van der Waals surface area contributed by atoms with Crippen molar-refractivity contribution in [3.05, 3.63) is 35.4 Å². The van der Waals surface area contributed by atoms with Crippen LogP contribution in [0.4, 0.5) is 5.82 Å². The minimum Gasteiger partial charge on any atom is -0.370 e. The van der Waals surface area contributed by atoms with Crippen LogP contribution in [0.25, 0.3) is 11.3 Å². The van der Waals surface area contributed by atoms with Gasteiger partial charge in [0.15, 0.2) is 0 Å². The van der Waals surface area contributed by atoms with Crippen molar-refractivity contribution in [3.8, 4) is 11.3 Å². The molecule has 33 heavy (non-hydrogen) atoms. The van der Waals surface area contributed by atoms with Gasteiger partial charge in [0.25, 0.3) is 0 Å². The zero-order chi connectivity index (χ0) is 23.4. The lowest BCUT2D eigenvalue weighted by atomic mass is 9.93. The minimum atomic E-state index is -3.89. The number of fused-ring (bicyclic) bond motifs is 2. The first-order chi connectivity index (χ1) is 15.5. The van der Waals surface area contributed by atoms with Gasteiger partial charge < -0.3 is 10.1 Å². The van der Waals surface area contributed by atoms with Crippen LogP contribution in [-0.4, -0.2) is 37.4 Å². The van der Waals surface area contributed by atoms with E-state index in [9.17, 15) is 8.42 Å². The molecule has 1 aliphatic carbocycles. The molecule has 10 heteroatoms. The van der Waals surface area contributed by atoms with Crippen LogP contribution in [0, 0.1) is 5.92 Å². The van der Waals surface area contributed by atoms with E-state index >= 15 is 0 Å². The first-order valence-electron chi connectivity index (χ1n) is 11.6. The van der Waals surface area contributed by atoms with Crippen molar-refractivity contribution in [2.75, 3.05) is 18.5 Å². The van der Waals surface area contributed by atoms with Crippen LogP contribution in [0.15, 0.2) is 24.3 Å².